The highest BCUT2D eigenvalue weighted by Gasteiger charge is 2.44. The van der Waals surface area contributed by atoms with Gasteiger partial charge < -0.3 is 5.32 Å². The van der Waals surface area contributed by atoms with Gasteiger partial charge in [-0.05, 0) is 72.1 Å². The number of benzene rings is 1. The third-order valence-corrected chi connectivity index (χ3v) is 5.53. The van der Waals surface area contributed by atoms with Crippen LogP contribution in [0.5, 0.6) is 0 Å². The minimum atomic E-state index is -0.456. The molecule has 0 spiro atoms. The lowest BCUT2D eigenvalue weighted by Gasteiger charge is -2.31. The van der Waals surface area contributed by atoms with Crippen molar-refractivity contribution >= 4 is 15.9 Å². The average molecular weight is 330 g/mol. The van der Waals surface area contributed by atoms with E-state index in [2.05, 4.69) is 21.2 Å². The Morgan fingerprint density at radius 3 is 2.63 bits per heavy atom. The van der Waals surface area contributed by atoms with Gasteiger partial charge in [0.25, 0.3) is 0 Å². The number of fused-ring (bicyclic) bond motifs is 2. The highest BCUT2D eigenvalue weighted by molar-refractivity contribution is 9.10. The van der Waals surface area contributed by atoms with Gasteiger partial charge in [0.05, 0.1) is 4.47 Å². The van der Waals surface area contributed by atoms with Crippen molar-refractivity contribution in [2.75, 3.05) is 7.05 Å². The number of hydrogen-bond donors (Lipinski definition) is 1. The van der Waals surface area contributed by atoms with Crippen LogP contribution < -0.4 is 5.32 Å². The molecule has 1 N–H and O–H groups in total. The zero-order valence-electron chi connectivity index (χ0n) is 10.9. The highest BCUT2D eigenvalue weighted by atomic mass is 79.9. The summed E-state index contributed by atoms with van der Waals surface area (Å²) in [5, 5.41) is 3.15. The van der Waals surface area contributed by atoms with Gasteiger partial charge in [0.2, 0.25) is 0 Å². The molecule has 104 valence electrons. The van der Waals surface area contributed by atoms with E-state index in [4.69, 9.17) is 0 Å². The fraction of sp³-hybridized carbons (Fsp3) is 0.600. The lowest BCUT2D eigenvalue weighted by Crippen LogP contribution is -2.30. The maximum absolute atomic E-state index is 14.3. The Labute approximate surface area is 120 Å². The number of rotatable bonds is 3. The Balaban J connectivity index is 1.97. The second-order valence-corrected chi connectivity index (χ2v) is 6.72. The van der Waals surface area contributed by atoms with Crippen LogP contribution in [0.25, 0.3) is 0 Å². The Kier molecular flexibility index (Phi) is 3.65. The van der Waals surface area contributed by atoms with Crippen molar-refractivity contribution < 1.29 is 8.78 Å². The van der Waals surface area contributed by atoms with E-state index in [1.807, 2.05) is 0 Å². The Morgan fingerprint density at radius 2 is 2.05 bits per heavy atom. The van der Waals surface area contributed by atoms with Crippen molar-refractivity contribution in [3.63, 3.8) is 0 Å². The van der Waals surface area contributed by atoms with Gasteiger partial charge in [0, 0.05) is 11.6 Å². The van der Waals surface area contributed by atoms with Crippen LogP contribution in [-0.2, 0) is 0 Å². The van der Waals surface area contributed by atoms with E-state index in [0.29, 0.717) is 16.3 Å². The maximum atomic E-state index is 14.3. The fourth-order valence-corrected chi connectivity index (χ4v) is 4.45. The molecule has 0 heterocycles. The molecule has 0 aromatic heterocycles. The predicted octanol–water partition coefficient (Wildman–Crippen LogP) is 4.42. The van der Waals surface area contributed by atoms with Crippen LogP contribution in [0.4, 0.5) is 8.78 Å². The molecule has 2 aliphatic rings. The van der Waals surface area contributed by atoms with Crippen molar-refractivity contribution in [1.29, 1.82) is 0 Å². The van der Waals surface area contributed by atoms with Gasteiger partial charge >= 0.3 is 0 Å². The molecule has 1 aromatic carbocycles. The molecule has 4 atom stereocenters. The van der Waals surface area contributed by atoms with Crippen LogP contribution in [0.1, 0.15) is 37.3 Å². The van der Waals surface area contributed by atoms with Crippen LogP contribution in [-0.4, -0.2) is 7.05 Å². The summed E-state index contributed by atoms with van der Waals surface area (Å²) in [6, 6.07) is 2.56. The van der Waals surface area contributed by atoms with Crippen LogP contribution in [0.15, 0.2) is 16.6 Å². The standard InChI is InChI=1S/C15H18BrF2N/c1-19-15(10-7-8-2-3-9(10)6-8)13-12(17)5-4-11(16)14(13)18/h4-5,8-10,15,19H,2-3,6-7H2,1H3. The van der Waals surface area contributed by atoms with Crippen molar-refractivity contribution in [1.82, 2.24) is 5.32 Å². The summed E-state index contributed by atoms with van der Waals surface area (Å²) in [5.74, 6) is 0.858. The average Bonchev–Trinajstić information content (AvgIpc) is 3.01. The van der Waals surface area contributed by atoms with E-state index in [1.54, 1.807) is 7.05 Å². The molecule has 3 rings (SSSR count). The number of halogens is 3. The van der Waals surface area contributed by atoms with Gasteiger partial charge in [-0.3, -0.25) is 0 Å². The summed E-state index contributed by atoms with van der Waals surface area (Å²) in [5.41, 5.74) is 0.203. The second kappa shape index (κ2) is 5.13. The summed E-state index contributed by atoms with van der Waals surface area (Å²) in [6.45, 7) is 0. The van der Waals surface area contributed by atoms with Crippen molar-refractivity contribution in [3.05, 3.63) is 33.8 Å². The molecule has 0 amide bonds. The van der Waals surface area contributed by atoms with E-state index in [1.165, 1.54) is 31.4 Å². The fourth-order valence-electron chi connectivity index (χ4n) is 4.10. The van der Waals surface area contributed by atoms with Crippen molar-refractivity contribution in [2.45, 2.75) is 31.7 Å². The van der Waals surface area contributed by atoms with Gasteiger partial charge in [-0.2, -0.15) is 0 Å². The monoisotopic (exact) mass is 329 g/mol. The minimum absolute atomic E-state index is 0.203. The quantitative estimate of drug-likeness (QED) is 0.809. The van der Waals surface area contributed by atoms with E-state index in [9.17, 15) is 8.78 Å². The van der Waals surface area contributed by atoms with Gasteiger partial charge in [0.15, 0.2) is 0 Å². The SMILES string of the molecule is CNC(c1c(F)ccc(Br)c1F)C1CC2CCC1C2. The van der Waals surface area contributed by atoms with Crippen molar-refractivity contribution in [3.8, 4) is 0 Å². The Morgan fingerprint density at radius 1 is 1.26 bits per heavy atom. The molecular formula is C15H18BrF2N. The van der Waals surface area contributed by atoms with Crippen LogP contribution in [0.3, 0.4) is 0 Å². The van der Waals surface area contributed by atoms with Gasteiger partial charge in [0.1, 0.15) is 11.6 Å². The number of hydrogen-bond acceptors (Lipinski definition) is 1. The van der Waals surface area contributed by atoms with Gasteiger partial charge in [-0.15, -0.1) is 0 Å². The molecule has 2 fully saturated rings. The molecule has 0 saturated heterocycles. The maximum Gasteiger partial charge on any atom is 0.145 e. The van der Waals surface area contributed by atoms with E-state index < -0.39 is 11.6 Å². The van der Waals surface area contributed by atoms with Crippen LogP contribution in [0, 0.1) is 29.4 Å². The second-order valence-electron chi connectivity index (χ2n) is 5.86. The van der Waals surface area contributed by atoms with E-state index in [0.717, 1.165) is 12.3 Å². The van der Waals surface area contributed by atoms with Crippen LogP contribution in [0.2, 0.25) is 0 Å². The van der Waals surface area contributed by atoms with Gasteiger partial charge in [-0.1, -0.05) is 6.42 Å². The summed E-state index contributed by atoms with van der Waals surface area (Å²) in [4.78, 5) is 0. The highest BCUT2D eigenvalue weighted by Crippen LogP contribution is 2.53. The molecule has 2 bridgehead atoms. The lowest BCUT2D eigenvalue weighted by molar-refractivity contribution is 0.250. The molecule has 1 aromatic rings. The third-order valence-electron chi connectivity index (χ3n) is 4.92. The lowest BCUT2D eigenvalue weighted by atomic mass is 9.80. The minimum Gasteiger partial charge on any atom is -0.313 e. The summed E-state index contributed by atoms with van der Waals surface area (Å²) < 4.78 is 28.7. The molecule has 2 saturated carbocycles. The molecule has 4 unspecified atom stereocenters. The van der Waals surface area contributed by atoms with E-state index in [-0.39, 0.29) is 11.6 Å². The molecule has 0 aliphatic heterocycles. The topological polar surface area (TPSA) is 12.0 Å². The first-order valence-electron chi connectivity index (χ1n) is 6.92. The first kappa shape index (κ1) is 13.5. The summed E-state index contributed by atoms with van der Waals surface area (Å²) in [7, 11) is 1.80. The zero-order chi connectivity index (χ0) is 13.6. The molecule has 1 nitrogen and oxygen atoms in total. The Hall–Kier alpha value is -0.480. The largest absolute Gasteiger partial charge is 0.313 e. The zero-order valence-corrected chi connectivity index (χ0v) is 12.5. The normalized spacial score (nSPS) is 30.8. The number of nitrogens with one attached hydrogen (secondary N) is 1. The molecule has 2 aliphatic carbocycles. The first-order chi connectivity index (χ1) is 9.11. The third kappa shape index (κ3) is 2.23. The van der Waals surface area contributed by atoms with Crippen molar-refractivity contribution in [2.24, 2.45) is 17.8 Å². The summed E-state index contributed by atoms with van der Waals surface area (Å²) >= 11 is 3.16. The smallest absolute Gasteiger partial charge is 0.145 e. The molecular weight excluding hydrogens is 312 g/mol. The molecule has 19 heavy (non-hydrogen) atoms. The summed E-state index contributed by atoms with van der Waals surface area (Å²) in [6.07, 6.45) is 4.84. The molecule has 4 heteroatoms. The molecule has 0 radical (unpaired) electrons. The first-order valence-corrected chi connectivity index (χ1v) is 7.71. The Bertz CT molecular complexity index is 491. The van der Waals surface area contributed by atoms with Gasteiger partial charge in [-0.25, -0.2) is 8.78 Å². The van der Waals surface area contributed by atoms with E-state index >= 15 is 0 Å². The predicted molar refractivity (Wildman–Crippen MR) is 74.8 cm³/mol. The van der Waals surface area contributed by atoms with Crippen LogP contribution >= 0.6 is 15.9 Å².